The number of rotatable bonds is 9. The van der Waals surface area contributed by atoms with Gasteiger partial charge in [-0.25, -0.2) is 4.84 Å². The monoisotopic (exact) mass is 346 g/mol. The van der Waals surface area contributed by atoms with Gasteiger partial charge in [-0.3, -0.25) is 5.48 Å². The third-order valence-electron chi connectivity index (χ3n) is 4.33. The predicted octanol–water partition coefficient (Wildman–Crippen LogP) is 3.61. The topological polar surface area (TPSA) is 50.8 Å². The van der Waals surface area contributed by atoms with E-state index >= 15 is 0 Å². The standard InChI is InChI=1S/C20H30N2O3/c1-15(2)14-24-17(4)25-21-16(3)19-5-7-20(8-6-19)22-11-9-18(13-23)10-12-22/h5-8,13,15,17-18,21H,3,9-12,14H2,1-2,4H3. The van der Waals surface area contributed by atoms with E-state index in [1.165, 1.54) is 5.69 Å². The molecule has 0 aliphatic carbocycles. The number of anilines is 1. The molecule has 25 heavy (non-hydrogen) atoms. The van der Waals surface area contributed by atoms with Crippen LogP contribution in [-0.2, 0) is 14.4 Å². The summed E-state index contributed by atoms with van der Waals surface area (Å²) in [7, 11) is 0. The number of benzene rings is 1. The highest BCUT2D eigenvalue weighted by atomic mass is 16.8. The lowest BCUT2D eigenvalue weighted by Crippen LogP contribution is -2.34. The minimum Gasteiger partial charge on any atom is -0.371 e. The van der Waals surface area contributed by atoms with Crippen molar-refractivity contribution in [3.8, 4) is 0 Å². The smallest absolute Gasteiger partial charge is 0.180 e. The lowest BCUT2D eigenvalue weighted by molar-refractivity contribution is -0.160. The quantitative estimate of drug-likeness (QED) is 0.420. The molecule has 1 aliphatic rings. The van der Waals surface area contributed by atoms with Gasteiger partial charge in [0.05, 0.1) is 12.3 Å². The number of nitrogens with one attached hydrogen (secondary N) is 1. The Morgan fingerprint density at radius 2 is 1.92 bits per heavy atom. The Bertz CT molecular complexity index is 549. The molecule has 1 fully saturated rings. The molecule has 0 bridgehead atoms. The van der Waals surface area contributed by atoms with Crippen LogP contribution in [0.2, 0.25) is 0 Å². The summed E-state index contributed by atoms with van der Waals surface area (Å²) in [5.41, 5.74) is 5.71. The molecule has 5 nitrogen and oxygen atoms in total. The molecule has 1 atom stereocenters. The van der Waals surface area contributed by atoms with E-state index in [9.17, 15) is 4.79 Å². The van der Waals surface area contributed by atoms with Crippen molar-refractivity contribution >= 4 is 17.7 Å². The largest absolute Gasteiger partial charge is 0.371 e. The minimum absolute atomic E-state index is 0.219. The molecular formula is C20H30N2O3. The molecule has 1 aliphatic heterocycles. The zero-order valence-electron chi connectivity index (χ0n) is 15.5. The maximum absolute atomic E-state index is 10.9. The van der Waals surface area contributed by atoms with Crippen molar-refractivity contribution < 1.29 is 14.4 Å². The highest BCUT2D eigenvalue weighted by molar-refractivity contribution is 5.64. The molecule has 1 unspecified atom stereocenters. The van der Waals surface area contributed by atoms with Crippen LogP contribution in [0.5, 0.6) is 0 Å². The number of carbonyl (C=O) groups is 1. The molecular weight excluding hydrogens is 316 g/mol. The second kappa shape index (κ2) is 9.59. The van der Waals surface area contributed by atoms with Crippen molar-refractivity contribution in [2.24, 2.45) is 11.8 Å². The highest BCUT2D eigenvalue weighted by Crippen LogP contribution is 2.23. The second-order valence-electron chi connectivity index (χ2n) is 7.00. The Morgan fingerprint density at radius 3 is 2.48 bits per heavy atom. The van der Waals surface area contributed by atoms with E-state index < -0.39 is 0 Å². The fourth-order valence-corrected chi connectivity index (χ4v) is 2.74. The summed E-state index contributed by atoms with van der Waals surface area (Å²) in [6, 6.07) is 8.23. The van der Waals surface area contributed by atoms with Crippen LogP contribution in [0.4, 0.5) is 5.69 Å². The Labute approximate surface area is 150 Å². The number of piperidine rings is 1. The van der Waals surface area contributed by atoms with Crippen molar-refractivity contribution in [2.45, 2.75) is 39.9 Å². The molecule has 0 amide bonds. The first-order chi connectivity index (χ1) is 12.0. The van der Waals surface area contributed by atoms with Gasteiger partial charge in [-0.15, -0.1) is 0 Å². The van der Waals surface area contributed by atoms with Gasteiger partial charge < -0.3 is 14.4 Å². The zero-order valence-corrected chi connectivity index (χ0v) is 15.5. The van der Waals surface area contributed by atoms with Crippen molar-refractivity contribution in [3.05, 3.63) is 36.4 Å². The van der Waals surface area contributed by atoms with E-state index in [-0.39, 0.29) is 12.2 Å². The van der Waals surface area contributed by atoms with E-state index in [2.05, 4.69) is 42.9 Å². The van der Waals surface area contributed by atoms with Crippen LogP contribution in [0, 0.1) is 11.8 Å². The van der Waals surface area contributed by atoms with Gasteiger partial charge in [-0.1, -0.05) is 32.6 Å². The molecule has 0 saturated carbocycles. The molecule has 0 radical (unpaired) electrons. The molecule has 1 N–H and O–H groups in total. The van der Waals surface area contributed by atoms with Crippen molar-refractivity contribution in [2.75, 3.05) is 24.6 Å². The van der Waals surface area contributed by atoms with Crippen LogP contribution < -0.4 is 10.4 Å². The molecule has 0 spiro atoms. The van der Waals surface area contributed by atoms with E-state index in [1.54, 1.807) is 0 Å². The second-order valence-corrected chi connectivity index (χ2v) is 7.00. The summed E-state index contributed by atoms with van der Waals surface area (Å²) in [6.45, 7) is 12.6. The number of nitrogens with zero attached hydrogens (tertiary/aromatic N) is 1. The SMILES string of the molecule is C=C(NOC(C)OCC(C)C)c1ccc(N2CCC(C=O)CC2)cc1. The average molecular weight is 346 g/mol. The lowest BCUT2D eigenvalue weighted by Gasteiger charge is -2.31. The first kappa shape index (κ1) is 19.5. The molecule has 1 aromatic rings. The summed E-state index contributed by atoms with van der Waals surface area (Å²) >= 11 is 0. The first-order valence-electron chi connectivity index (χ1n) is 9.02. The number of aldehydes is 1. The number of hydrogen-bond acceptors (Lipinski definition) is 5. The van der Waals surface area contributed by atoms with Crippen LogP contribution in [0.1, 0.15) is 39.2 Å². The maximum atomic E-state index is 10.9. The minimum atomic E-state index is -0.336. The van der Waals surface area contributed by atoms with Crippen LogP contribution in [0.3, 0.4) is 0 Å². The molecule has 0 aromatic heterocycles. The van der Waals surface area contributed by atoms with Gasteiger partial charge in [-0.2, -0.15) is 0 Å². The van der Waals surface area contributed by atoms with Gasteiger partial charge in [0.2, 0.25) is 0 Å². The number of hydrogen-bond donors (Lipinski definition) is 1. The summed E-state index contributed by atoms with van der Waals surface area (Å²) in [5.74, 6) is 0.690. The van der Waals surface area contributed by atoms with Gasteiger partial charge in [0.15, 0.2) is 6.29 Å². The Kier molecular flexibility index (Phi) is 7.47. The van der Waals surface area contributed by atoms with Crippen molar-refractivity contribution in [3.63, 3.8) is 0 Å². The van der Waals surface area contributed by atoms with Gasteiger partial charge in [-0.05, 0) is 43.4 Å². The first-order valence-corrected chi connectivity index (χ1v) is 9.02. The summed E-state index contributed by atoms with van der Waals surface area (Å²) in [4.78, 5) is 18.6. The van der Waals surface area contributed by atoms with Gasteiger partial charge in [0.25, 0.3) is 0 Å². The van der Waals surface area contributed by atoms with Gasteiger partial charge in [0, 0.05) is 24.7 Å². The van der Waals surface area contributed by atoms with Crippen LogP contribution in [0.25, 0.3) is 5.70 Å². The molecule has 138 valence electrons. The Morgan fingerprint density at radius 1 is 1.28 bits per heavy atom. The molecule has 2 rings (SSSR count). The fourth-order valence-electron chi connectivity index (χ4n) is 2.74. The Balaban J connectivity index is 1.81. The molecule has 1 saturated heterocycles. The predicted molar refractivity (Wildman–Crippen MR) is 101 cm³/mol. The third-order valence-corrected chi connectivity index (χ3v) is 4.33. The van der Waals surface area contributed by atoms with Gasteiger partial charge >= 0.3 is 0 Å². The maximum Gasteiger partial charge on any atom is 0.180 e. The van der Waals surface area contributed by atoms with E-state index in [1.807, 2.05) is 19.1 Å². The van der Waals surface area contributed by atoms with Crippen molar-refractivity contribution in [1.82, 2.24) is 5.48 Å². The van der Waals surface area contributed by atoms with Crippen molar-refractivity contribution in [1.29, 1.82) is 0 Å². The highest BCUT2D eigenvalue weighted by Gasteiger charge is 2.18. The van der Waals surface area contributed by atoms with E-state index in [0.717, 1.165) is 37.8 Å². The molecule has 1 aromatic carbocycles. The number of hydroxylamine groups is 1. The zero-order chi connectivity index (χ0) is 18.2. The third kappa shape index (κ3) is 6.18. The summed E-state index contributed by atoms with van der Waals surface area (Å²) in [6.07, 6.45) is 2.61. The van der Waals surface area contributed by atoms with Crippen LogP contribution in [-0.4, -0.2) is 32.3 Å². The summed E-state index contributed by atoms with van der Waals surface area (Å²) < 4.78 is 5.55. The fraction of sp³-hybridized carbons (Fsp3) is 0.550. The van der Waals surface area contributed by atoms with E-state index in [0.29, 0.717) is 18.2 Å². The lowest BCUT2D eigenvalue weighted by atomic mass is 9.98. The molecule has 5 heteroatoms. The Hall–Kier alpha value is -1.85. The number of carbonyl (C=O) groups excluding carboxylic acids is 1. The molecule has 1 heterocycles. The van der Waals surface area contributed by atoms with E-state index in [4.69, 9.17) is 9.57 Å². The number of ether oxygens (including phenoxy) is 1. The van der Waals surface area contributed by atoms with Crippen LogP contribution >= 0.6 is 0 Å². The van der Waals surface area contributed by atoms with Gasteiger partial charge in [0.1, 0.15) is 6.29 Å². The van der Waals surface area contributed by atoms with Crippen LogP contribution in [0.15, 0.2) is 30.8 Å². The summed E-state index contributed by atoms with van der Waals surface area (Å²) in [5, 5.41) is 0. The normalized spacial score (nSPS) is 16.7. The average Bonchev–Trinajstić information content (AvgIpc) is 2.64.